The highest BCUT2D eigenvalue weighted by Gasteiger charge is 2.13. The molecule has 1 N–H and O–H groups in total. The monoisotopic (exact) mass is 220 g/mol. The van der Waals surface area contributed by atoms with E-state index in [1.807, 2.05) is 0 Å². The highest BCUT2D eigenvalue weighted by molar-refractivity contribution is 5.70. The van der Waals surface area contributed by atoms with E-state index in [-0.39, 0.29) is 0 Å². The Morgan fingerprint density at radius 1 is 1.38 bits per heavy atom. The van der Waals surface area contributed by atoms with Crippen molar-refractivity contribution in [2.45, 2.75) is 12.8 Å². The number of rotatable bonds is 4. The predicted octanol–water partition coefficient (Wildman–Crippen LogP) is 2.35. The van der Waals surface area contributed by atoms with Gasteiger partial charge in [0.25, 0.3) is 0 Å². The van der Waals surface area contributed by atoms with Crippen LogP contribution in [0.3, 0.4) is 0 Å². The topological polar surface area (TPSA) is 24.5 Å². The first kappa shape index (κ1) is 11.3. The fourth-order valence-corrected chi connectivity index (χ4v) is 2.14. The first-order valence-electron chi connectivity index (χ1n) is 5.98. The van der Waals surface area contributed by atoms with Gasteiger partial charge < -0.3 is 15.0 Å². The molecule has 88 valence electrons. The Kier molecular flexibility index (Phi) is 4.05. The third-order valence-electron chi connectivity index (χ3n) is 2.94. The van der Waals surface area contributed by atoms with Crippen molar-refractivity contribution in [1.82, 2.24) is 0 Å². The van der Waals surface area contributed by atoms with Crippen LogP contribution >= 0.6 is 0 Å². The van der Waals surface area contributed by atoms with Crippen molar-refractivity contribution in [3.05, 3.63) is 24.3 Å². The van der Waals surface area contributed by atoms with Gasteiger partial charge in [-0.25, -0.2) is 0 Å². The summed E-state index contributed by atoms with van der Waals surface area (Å²) in [6.45, 7) is 4.12. The summed E-state index contributed by atoms with van der Waals surface area (Å²) >= 11 is 0. The first-order chi connectivity index (χ1) is 7.92. The van der Waals surface area contributed by atoms with Gasteiger partial charge in [0.05, 0.1) is 11.4 Å². The maximum absolute atomic E-state index is 5.11. The molecule has 0 atom stereocenters. The van der Waals surface area contributed by atoms with Crippen molar-refractivity contribution in [2.24, 2.45) is 0 Å². The summed E-state index contributed by atoms with van der Waals surface area (Å²) in [5.41, 5.74) is 2.59. The maximum Gasteiger partial charge on any atom is 0.0602 e. The molecule has 0 amide bonds. The molecule has 0 saturated carbocycles. The van der Waals surface area contributed by atoms with Crippen LogP contribution in [-0.2, 0) is 4.74 Å². The number of hydrogen-bond acceptors (Lipinski definition) is 3. The van der Waals surface area contributed by atoms with Crippen molar-refractivity contribution < 1.29 is 4.74 Å². The number of benzene rings is 1. The first-order valence-corrected chi connectivity index (χ1v) is 5.98. The number of nitrogens with zero attached hydrogens (tertiary/aromatic N) is 1. The SMILES string of the molecule is COCCCN1CCCNc2ccccc21. The van der Waals surface area contributed by atoms with Gasteiger partial charge in [-0.2, -0.15) is 0 Å². The molecule has 3 heteroatoms. The molecule has 2 rings (SSSR count). The van der Waals surface area contributed by atoms with Crippen molar-refractivity contribution in [3.8, 4) is 0 Å². The van der Waals surface area contributed by atoms with Gasteiger partial charge in [0.1, 0.15) is 0 Å². The number of nitrogens with one attached hydrogen (secondary N) is 1. The van der Waals surface area contributed by atoms with Gasteiger partial charge in [0, 0.05) is 33.4 Å². The van der Waals surface area contributed by atoms with Crippen LogP contribution < -0.4 is 10.2 Å². The van der Waals surface area contributed by atoms with Crippen LogP contribution in [0.1, 0.15) is 12.8 Å². The third kappa shape index (κ3) is 2.67. The van der Waals surface area contributed by atoms with E-state index < -0.39 is 0 Å². The summed E-state index contributed by atoms with van der Waals surface area (Å²) in [6.07, 6.45) is 2.28. The fourth-order valence-electron chi connectivity index (χ4n) is 2.14. The summed E-state index contributed by atoms with van der Waals surface area (Å²) in [4.78, 5) is 2.45. The maximum atomic E-state index is 5.11. The van der Waals surface area contributed by atoms with Gasteiger partial charge in [-0.1, -0.05) is 12.1 Å². The summed E-state index contributed by atoms with van der Waals surface area (Å²) in [5.74, 6) is 0. The Morgan fingerprint density at radius 3 is 3.12 bits per heavy atom. The summed E-state index contributed by atoms with van der Waals surface area (Å²) in [6, 6.07) is 8.55. The molecule has 0 radical (unpaired) electrons. The minimum atomic E-state index is 0.839. The molecule has 1 aromatic rings. The number of ether oxygens (including phenoxy) is 1. The molecular formula is C13H20N2O. The average Bonchev–Trinajstić information content (AvgIpc) is 2.52. The van der Waals surface area contributed by atoms with Crippen molar-refractivity contribution in [1.29, 1.82) is 0 Å². The molecule has 1 heterocycles. The molecule has 0 saturated heterocycles. The van der Waals surface area contributed by atoms with E-state index in [9.17, 15) is 0 Å². The molecule has 16 heavy (non-hydrogen) atoms. The second-order valence-corrected chi connectivity index (χ2v) is 4.13. The molecule has 0 bridgehead atoms. The van der Waals surface area contributed by atoms with Crippen molar-refractivity contribution in [3.63, 3.8) is 0 Å². The number of hydrogen-bond donors (Lipinski definition) is 1. The standard InChI is InChI=1S/C13H20N2O/c1-16-11-5-10-15-9-4-8-14-12-6-2-3-7-13(12)15/h2-3,6-7,14H,4-5,8-11H2,1H3. The summed E-state index contributed by atoms with van der Waals surface area (Å²) in [5, 5.41) is 3.47. The van der Waals surface area contributed by atoms with Gasteiger partial charge >= 0.3 is 0 Å². The van der Waals surface area contributed by atoms with E-state index >= 15 is 0 Å². The fraction of sp³-hybridized carbons (Fsp3) is 0.538. The molecule has 1 aliphatic heterocycles. The second-order valence-electron chi connectivity index (χ2n) is 4.13. The Labute approximate surface area is 97.4 Å². The van der Waals surface area contributed by atoms with E-state index in [4.69, 9.17) is 4.74 Å². The van der Waals surface area contributed by atoms with E-state index in [0.717, 1.165) is 32.7 Å². The molecule has 0 fully saturated rings. The van der Waals surface area contributed by atoms with Crippen molar-refractivity contribution in [2.75, 3.05) is 43.6 Å². The average molecular weight is 220 g/mol. The minimum Gasteiger partial charge on any atom is -0.385 e. The smallest absolute Gasteiger partial charge is 0.0602 e. The molecule has 0 unspecified atom stereocenters. The molecule has 1 aromatic carbocycles. The predicted molar refractivity (Wildman–Crippen MR) is 68.3 cm³/mol. The minimum absolute atomic E-state index is 0.839. The highest BCUT2D eigenvalue weighted by atomic mass is 16.5. The van der Waals surface area contributed by atoms with Crippen LogP contribution in [0.15, 0.2) is 24.3 Å². The normalized spacial score (nSPS) is 15.2. The van der Waals surface area contributed by atoms with Gasteiger partial charge in [-0.15, -0.1) is 0 Å². The lowest BCUT2D eigenvalue weighted by molar-refractivity contribution is 0.196. The zero-order chi connectivity index (χ0) is 11.2. The van der Waals surface area contributed by atoms with Crippen LogP contribution in [0.2, 0.25) is 0 Å². The Morgan fingerprint density at radius 2 is 2.25 bits per heavy atom. The lowest BCUT2D eigenvalue weighted by Crippen LogP contribution is -2.25. The Balaban J connectivity index is 2.06. The quantitative estimate of drug-likeness (QED) is 0.788. The molecule has 0 spiro atoms. The van der Waals surface area contributed by atoms with E-state index in [0.29, 0.717) is 0 Å². The highest BCUT2D eigenvalue weighted by Crippen LogP contribution is 2.27. The lowest BCUT2D eigenvalue weighted by Gasteiger charge is -2.24. The number of para-hydroxylation sites is 2. The Bertz CT molecular complexity index is 327. The molecule has 3 nitrogen and oxygen atoms in total. The van der Waals surface area contributed by atoms with E-state index in [1.54, 1.807) is 7.11 Å². The lowest BCUT2D eigenvalue weighted by atomic mass is 10.2. The van der Waals surface area contributed by atoms with Crippen molar-refractivity contribution >= 4 is 11.4 Å². The van der Waals surface area contributed by atoms with E-state index in [1.165, 1.54) is 17.8 Å². The van der Waals surface area contributed by atoms with Gasteiger partial charge in [0.2, 0.25) is 0 Å². The van der Waals surface area contributed by atoms with Gasteiger partial charge in [-0.3, -0.25) is 0 Å². The van der Waals surface area contributed by atoms with Crippen LogP contribution in [0, 0.1) is 0 Å². The third-order valence-corrected chi connectivity index (χ3v) is 2.94. The van der Waals surface area contributed by atoms with Gasteiger partial charge in [0.15, 0.2) is 0 Å². The number of anilines is 2. The summed E-state index contributed by atoms with van der Waals surface area (Å²) < 4.78 is 5.11. The van der Waals surface area contributed by atoms with Crippen LogP contribution in [-0.4, -0.2) is 33.4 Å². The zero-order valence-electron chi connectivity index (χ0n) is 9.91. The number of fused-ring (bicyclic) bond motifs is 1. The Hall–Kier alpha value is -1.22. The van der Waals surface area contributed by atoms with Crippen LogP contribution in [0.4, 0.5) is 11.4 Å². The molecule has 0 aromatic heterocycles. The van der Waals surface area contributed by atoms with Gasteiger partial charge in [-0.05, 0) is 25.0 Å². The molecular weight excluding hydrogens is 200 g/mol. The zero-order valence-corrected chi connectivity index (χ0v) is 9.91. The molecule has 1 aliphatic rings. The van der Waals surface area contributed by atoms with Crippen LogP contribution in [0.25, 0.3) is 0 Å². The second kappa shape index (κ2) is 5.75. The number of methoxy groups -OCH3 is 1. The largest absolute Gasteiger partial charge is 0.385 e. The molecule has 0 aliphatic carbocycles. The van der Waals surface area contributed by atoms with Crippen LogP contribution in [0.5, 0.6) is 0 Å². The van der Waals surface area contributed by atoms with E-state index in [2.05, 4.69) is 34.5 Å². The summed E-state index contributed by atoms with van der Waals surface area (Å²) in [7, 11) is 1.76.